The van der Waals surface area contributed by atoms with Gasteiger partial charge in [0.15, 0.2) is 16.4 Å². The number of hydrogen-bond acceptors (Lipinski definition) is 7. The van der Waals surface area contributed by atoms with Crippen molar-refractivity contribution in [1.29, 1.82) is 0 Å². The van der Waals surface area contributed by atoms with Gasteiger partial charge in [0.05, 0.1) is 22.8 Å². The van der Waals surface area contributed by atoms with Crippen LogP contribution in [0.2, 0.25) is 0 Å². The minimum Gasteiger partial charge on any atom is -0.452 e. The van der Waals surface area contributed by atoms with Gasteiger partial charge in [0.2, 0.25) is 5.91 Å². The summed E-state index contributed by atoms with van der Waals surface area (Å²) >= 11 is 1.28. The summed E-state index contributed by atoms with van der Waals surface area (Å²) in [6, 6.07) is 6.47. The number of sulfone groups is 1. The van der Waals surface area contributed by atoms with Crippen LogP contribution in [0.1, 0.15) is 36.5 Å². The number of nitrogens with zero attached hydrogens (tertiary/aromatic N) is 2. The minimum absolute atomic E-state index is 0.0472. The van der Waals surface area contributed by atoms with Gasteiger partial charge in [0.1, 0.15) is 0 Å². The van der Waals surface area contributed by atoms with Gasteiger partial charge in [-0.05, 0) is 38.3 Å². The van der Waals surface area contributed by atoms with E-state index in [1.807, 2.05) is 4.90 Å². The van der Waals surface area contributed by atoms with Gasteiger partial charge < -0.3 is 14.5 Å². The number of carbonyl (C=O) groups is 3. The van der Waals surface area contributed by atoms with Gasteiger partial charge in [0, 0.05) is 30.6 Å². The summed E-state index contributed by atoms with van der Waals surface area (Å²) in [5.74, 6) is -0.742. The van der Waals surface area contributed by atoms with E-state index in [9.17, 15) is 22.8 Å². The van der Waals surface area contributed by atoms with Crippen molar-refractivity contribution in [2.75, 3.05) is 43.5 Å². The summed E-state index contributed by atoms with van der Waals surface area (Å²) in [5, 5.41) is 0. The van der Waals surface area contributed by atoms with Crippen molar-refractivity contribution in [3.05, 3.63) is 29.8 Å². The van der Waals surface area contributed by atoms with Crippen molar-refractivity contribution in [3.63, 3.8) is 0 Å². The third-order valence-corrected chi connectivity index (χ3v) is 8.36. The lowest BCUT2D eigenvalue weighted by molar-refractivity contribution is -0.136. The third-order valence-electron chi connectivity index (χ3n) is 5.55. The zero-order chi connectivity index (χ0) is 22.4. The number of benzene rings is 1. The number of ether oxygens (including phenoxy) is 1. The maximum absolute atomic E-state index is 12.6. The summed E-state index contributed by atoms with van der Waals surface area (Å²) in [4.78, 5) is 41.4. The zero-order valence-electron chi connectivity index (χ0n) is 17.6. The van der Waals surface area contributed by atoms with Crippen molar-refractivity contribution in [3.8, 4) is 0 Å². The van der Waals surface area contributed by atoms with Crippen LogP contribution in [0.25, 0.3) is 0 Å². The number of thioether (sulfide) groups is 1. The number of rotatable bonds is 8. The largest absolute Gasteiger partial charge is 0.452 e. The van der Waals surface area contributed by atoms with Crippen molar-refractivity contribution in [2.24, 2.45) is 0 Å². The van der Waals surface area contributed by atoms with Crippen molar-refractivity contribution >= 4 is 39.4 Å². The first-order valence-corrected chi connectivity index (χ1v) is 13.3. The fourth-order valence-electron chi connectivity index (χ4n) is 3.91. The van der Waals surface area contributed by atoms with E-state index in [2.05, 4.69) is 0 Å². The number of esters is 1. The molecule has 31 heavy (non-hydrogen) atoms. The Hall–Kier alpha value is -2.07. The molecule has 2 fully saturated rings. The quantitative estimate of drug-likeness (QED) is 0.422. The predicted octanol–water partition coefficient (Wildman–Crippen LogP) is 1.59. The second-order valence-corrected chi connectivity index (χ2v) is 10.9. The second-order valence-electron chi connectivity index (χ2n) is 7.69. The van der Waals surface area contributed by atoms with E-state index < -0.39 is 28.3 Å². The van der Waals surface area contributed by atoms with E-state index in [-0.39, 0.29) is 29.2 Å². The Kier molecular flexibility index (Phi) is 7.99. The zero-order valence-corrected chi connectivity index (χ0v) is 19.3. The van der Waals surface area contributed by atoms with Gasteiger partial charge in [-0.25, -0.2) is 13.2 Å². The second kappa shape index (κ2) is 10.5. The maximum atomic E-state index is 12.6. The average molecular weight is 469 g/mol. The number of hydrogen-bond donors (Lipinski definition) is 0. The molecule has 2 aliphatic heterocycles. The van der Waals surface area contributed by atoms with Crippen LogP contribution >= 0.6 is 11.8 Å². The Bertz CT molecular complexity index is 928. The lowest BCUT2D eigenvalue weighted by Crippen LogP contribution is -2.43. The summed E-state index contributed by atoms with van der Waals surface area (Å²) in [6.07, 6.45) is 2.45. The monoisotopic (exact) mass is 468 g/mol. The number of carbonyl (C=O) groups excluding carboxylic acids is 3. The SMILES string of the molecule is CCN(C(=O)COC(=O)c1ccccc1SCC(=O)N1CCCC1)[C@H]1CCS(=O)(=O)C1. The number of likely N-dealkylation sites (N-methyl/N-ethyl adjacent to an activating group) is 1. The topological polar surface area (TPSA) is 101 Å². The highest BCUT2D eigenvalue weighted by Gasteiger charge is 2.34. The number of amides is 2. The lowest BCUT2D eigenvalue weighted by atomic mass is 10.2. The molecule has 0 bridgehead atoms. The van der Waals surface area contributed by atoms with Crippen LogP contribution in [0.5, 0.6) is 0 Å². The molecule has 10 heteroatoms. The highest BCUT2D eigenvalue weighted by atomic mass is 32.2. The summed E-state index contributed by atoms with van der Waals surface area (Å²) in [7, 11) is -3.12. The molecule has 2 aliphatic rings. The first-order chi connectivity index (χ1) is 14.8. The molecule has 1 aromatic rings. The molecular weight excluding hydrogens is 440 g/mol. The van der Waals surface area contributed by atoms with Gasteiger partial charge in [-0.2, -0.15) is 0 Å². The first-order valence-electron chi connectivity index (χ1n) is 10.5. The van der Waals surface area contributed by atoms with Crippen LogP contribution in [0, 0.1) is 0 Å². The molecule has 2 heterocycles. The van der Waals surface area contributed by atoms with Gasteiger partial charge in [0.25, 0.3) is 5.91 Å². The molecule has 1 aromatic carbocycles. The molecule has 0 aliphatic carbocycles. The Balaban J connectivity index is 1.56. The molecule has 2 saturated heterocycles. The standard InChI is InChI=1S/C21H28N2O6S2/c1-2-23(16-9-12-31(27,28)15-16)19(24)13-29-21(26)17-7-3-4-8-18(17)30-14-20(25)22-10-5-6-11-22/h3-4,7-8,16H,2,5-6,9-15H2,1H3/t16-/m0/s1. The van der Waals surface area contributed by atoms with E-state index in [1.165, 1.54) is 16.7 Å². The maximum Gasteiger partial charge on any atom is 0.339 e. The Labute approximate surface area is 187 Å². The van der Waals surface area contributed by atoms with Gasteiger partial charge in [-0.3, -0.25) is 9.59 Å². The fraction of sp³-hybridized carbons (Fsp3) is 0.571. The molecule has 2 amide bonds. The van der Waals surface area contributed by atoms with E-state index in [0.29, 0.717) is 23.4 Å². The Morgan fingerprint density at radius 1 is 1.19 bits per heavy atom. The summed E-state index contributed by atoms with van der Waals surface area (Å²) in [6.45, 7) is 3.23. The molecular formula is C21H28N2O6S2. The van der Waals surface area contributed by atoms with Gasteiger partial charge >= 0.3 is 5.97 Å². The molecule has 170 valence electrons. The van der Waals surface area contributed by atoms with Crippen LogP contribution in [0.4, 0.5) is 0 Å². The van der Waals surface area contributed by atoms with E-state index in [4.69, 9.17) is 4.74 Å². The highest BCUT2D eigenvalue weighted by molar-refractivity contribution is 8.00. The van der Waals surface area contributed by atoms with Crippen molar-refractivity contribution in [1.82, 2.24) is 9.80 Å². The molecule has 0 saturated carbocycles. The van der Waals surface area contributed by atoms with Crippen LogP contribution in [-0.2, 0) is 24.2 Å². The summed E-state index contributed by atoms with van der Waals surface area (Å²) < 4.78 is 28.7. The Morgan fingerprint density at radius 2 is 1.90 bits per heavy atom. The van der Waals surface area contributed by atoms with Crippen LogP contribution in [-0.4, -0.2) is 85.5 Å². The third kappa shape index (κ3) is 6.22. The molecule has 0 N–H and O–H groups in total. The van der Waals surface area contributed by atoms with Crippen molar-refractivity contribution < 1.29 is 27.5 Å². The van der Waals surface area contributed by atoms with Gasteiger partial charge in [-0.1, -0.05) is 12.1 Å². The molecule has 0 spiro atoms. The van der Waals surface area contributed by atoms with Crippen LogP contribution < -0.4 is 0 Å². The minimum atomic E-state index is -3.12. The van der Waals surface area contributed by atoms with Crippen LogP contribution in [0.3, 0.4) is 0 Å². The van der Waals surface area contributed by atoms with E-state index in [0.717, 1.165) is 25.9 Å². The predicted molar refractivity (Wildman–Crippen MR) is 118 cm³/mol. The molecule has 8 nitrogen and oxygen atoms in total. The fourth-order valence-corrected chi connectivity index (χ4v) is 6.58. The highest BCUT2D eigenvalue weighted by Crippen LogP contribution is 2.25. The first kappa shape index (κ1) is 23.6. The molecule has 0 unspecified atom stereocenters. The molecule has 1 atom stereocenters. The smallest absolute Gasteiger partial charge is 0.339 e. The molecule has 3 rings (SSSR count). The molecule has 0 aromatic heterocycles. The number of likely N-dealkylation sites (tertiary alicyclic amines) is 1. The van der Waals surface area contributed by atoms with Crippen molar-refractivity contribution in [2.45, 2.75) is 37.1 Å². The normalized spacial score (nSPS) is 19.9. The van der Waals surface area contributed by atoms with Crippen LogP contribution in [0.15, 0.2) is 29.2 Å². The summed E-state index contributed by atoms with van der Waals surface area (Å²) in [5.41, 5.74) is 0.306. The average Bonchev–Trinajstić information content (AvgIpc) is 3.41. The van der Waals surface area contributed by atoms with Gasteiger partial charge in [-0.15, -0.1) is 11.8 Å². The van der Waals surface area contributed by atoms with E-state index >= 15 is 0 Å². The lowest BCUT2D eigenvalue weighted by Gasteiger charge is -2.26. The Morgan fingerprint density at radius 3 is 2.55 bits per heavy atom. The molecule has 0 radical (unpaired) electrons. The van der Waals surface area contributed by atoms with E-state index in [1.54, 1.807) is 31.2 Å².